The molecule has 8 nitrogen and oxygen atoms in total. The van der Waals surface area contributed by atoms with Crippen molar-refractivity contribution in [2.24, 2.45) is 0 Å². The van der Waals surface area contributed by atoms with E-state index in [4.69, 9.17) is 4.74 Å². The fourth-order valence-corrected chi connectivity index (χ4v) is 4.07. The number of hydrogen-bond donors (Lipinski definition) is 0. The number of carbonyl (C=O) groups is 1. The third-order valence-electron chi connectivity index (χ3n) is 4.47. The SMILES string of the molecule is CN(c1nc2cc([N+](=O)[O-])ccc2s1)[C@H]1CCCN(C(=O)OC(C)(C)C)C1. The number of carbonyl (C=O) groups excluding carboxylic acids is 1. The number of amides is 1. The monoisotopic (exact) mass is 392 g/mol. The van der Waals surface area contributed by atoms with Gasteiger partial charge in [-0.25, -0.2) is 9.78 Å². The van der Waals surface area contributed by atoms with Crippen LogP contribution in [-0.4, -0.2) is 52.7 Å². The second-order valence-electron chi connectivity index (χ2n) is 7.74. The summed E-state index contributed by atoms with van der Waals surface area (Å²) in [7, 11) is 1.95. The van der Waals surface area contributed by atoms with Crippen molar-refractivity contribution in [2.45, 2.75) is 45.3 Å². The van der Waals surface area contributed by atoms with Gasteiger partial charge in [-0.05, 0) is 39.7 Å². The Morgan fingerprint density at radius 2 is 2.19 bits per heavy atom. The largest absolute Gasteiger partial charge is 0.444 e. The first-order valence-corrected chi connectivity index (χ1v) is 9.71. The molecule has 2 heterocycles. The van der Waals surface area contributed by atoms with E-state index in [9.17, 15) is 14.9 Å². The summed E-state index contributed by atoms with van der Waals surface area (Å²) >= 11 is 1.50. The van der Waals surface area contributed by atoms with Gasteiger partial charge >= 0.3 is 6.09 Å². The third-order valence-corrected chi connectivity index (χ3v) is 5.60. The number of benzene rings is 1. The highest BCUT2D eigenvalue weighted by atomic mass is 32.1. The number of likely N-dealkylation sites (N-methyl/N-ethyl adjacent to an activating group) is 1. The second kappa shape index (κ2) is 7.30. The lowest BCUT2D eigenvalue weighted by molar-refractivity contribution is -0.384. The molecule has 0 spiro atoms. The fourth-order valence-electron chi connectivity index (χ4n) is 3.09. The van der Waals surface area contributed by atoms with Crippen LogP contribution in [0, 0.1) is 10.1 Å². The predicted octanol–water partition coefficient (Wildman–Crippen LogP) is 4.04. The Bertz CT molecular complexity index is 861. The van der Waals surface area contributed by atoms with Crippen LogP contribution in [0.5, 0.6) is 0 Å². The molecule has 1 aromatic carbocycles. The van der Waals surface area contributed by atoms with E-state index in [-0.39, 0.29) is 17.8 Å². The van der Waals surface area contributed by atoms with Crippen LogP contribution in [0.3, 0.4) is 0 Å². The molecule has 1 atom stereocenters. The number of piperidine rings is 1. The summed E-state index contributed by atoms with van der Waals surface area (Å²) in [4.78, 5) is 31.3. The summed E-state index contributed by atoms with van der Waals surface area (Å²) < 4.78 is 6.39. The minimum absolute atomic E-state index is 0.0378. The molecule has 0 aliphatic carbocycles. The number of nitrogens with zero attached hydrogens (tertiary/aromatic N) is 4. The van der Waals surface area contributed by atoms with Crippen molar-refractivity contribution in [2.75, 3.05) is 25.0 Å². The number of hydrogen-bond acceptors (Lipinski definition) is 7. The highest BCUT2D eigenvalue weighted by Gasteiger charge is 2.30. The van der Waals surface area contributed by atoms with E-state index < -0.39 is 10.5 Å². The molecule has 1 saturated heterocycles. The standard InChI is InChI=1S/C18H24N4O4S/c1-18(2,3)26-17(23)21-9-5-6-13(11-21)20(4)16-19-14-10-12(22(24)25)7-8-15(14)27-16/h7-8,10,13H,5-6,9,11H2,1-4H3/t13-/m0/s1. The van der Waals surface area contributed by atoms with E-state index >= 15 is 0 Å². The molecule has 1 amide bonds. The molecule has 146 valence electrons. The van der Waals surface area contributed by atoms with E-state index in [0.29, 0.717) is 18.6 Å². The number of thiazole rings is 1. The summed E-state index contributed by atoms with van der Waals surface area (Å²) in [6.07, 6.45) is 1.55. The van der Waals surface area contributed by atoms with Crippen molar-refractivity contribution in [1.29, 1.82) is 0 Å². The first-order chi connectivity index (χ1) is 12.6. The van der Waals surface area contributed by atoms with Crippen molar-refractivity contribution in [3.8, 4) is 0 Å². The zero-order chi connectivity index (χ0) is 19.8. The number of non-ortho nitro benzene ring substituents is 1. The Hall–Kier alpha value is -2.42. The molecule has 3 rings (SSSR count). The van der Waals surface area contributed by atoms with Crippen LogP contribution in [0.15, 0.2) is 18.2 Å². The number of aromatic nitrogens is 1. The summed E-state index contributed by atoms with van der Waals surface area (Å²) in [6.45, 7) is 6.84. The molecule has 9 heteroatoms. The van der Waals surface area contributed by atoms with Crippen LogP contribution in [-0.2, 0) is 4.74 Å². The number of likely N-dealkylation sites (tertiary alicyclic amines) is 1. The Morgan fingerprint density at radius 3 is 2.85 bits per heavy atom. The average Bonchev–Trinajstić information content (AvgIpc) is 3.02. The number of ether oxygens (including phenoxy) is 1. The Morgan fingerprint density at radius 1 is 1.44 bits per heavy atom. The van der Waals surface area contributed by atoms with Crippen LogP contribution >= 0.6 is 11.3 Å². The van der Waals surface area contributed by atoms with Gasteiger partial charge in [0, 0.05) is 38.3 Å². The first kappa shape index (κ1) is 19.3. The van der Waals surface area contributed by atoms with E-state index in [1.165, 1.54) is 23.5 Å². The van der Waals surface area contributed by atoms with E-state index in [2.05, 4.69) is 9.88 Å². The van der Waals surface area contributed by atoms with Crippen LogP contribution in [0.1, 0.15) is 33.6 Å². The average molecular weight is 392 g/mol. The summed E-state index contributed by atoms with van der Waals surface area (Å²) in [6, 6.07) is 4.85. The van der Waals surface area contributed by atoms with Gasteiger partial charge in [0.2, 0.25) is 0 Å². The van der Waals surface area contributed by atoms with E-state index in [0.717, 1.165) is 22.7 Å². The highest BCUT2D eigenvalue weighted by Crippen LogP contribution is 2.32. The van der Waals surface area contributed by atoms with Crippen molar-refractivity contribution in [1.82, 2.24) is 9.88 Å². The number of fused-ring (bicyclic) bond motifs is 1. The second-order valence-corrected chi connectivity index (χ2v) is 8.75. The van der Waals surface area contributed by atoms with Gasteiger partial charge in [-0.3, -0.25) is 10.1 Å². The first-order valence-electron chi connectivity index (χ1n) is 8.90. The predicted molar refractivity (Wildman–Crippen MR) is 106 cm³/mol. The maximum Gasteiger partial charge on any atom is 0.410 e. The van der Waals surface area contributed by atoms with E-state index in [1.807, 2.05) is 27.8 Å². The Kier molecular flexibility index (Phi) is 5.23. The normalized spacial score (nSPS) is 17.8. The molecule has 0 bridgehead atoms. The smallest absolute Gasteiger partial charge is 0.410 e. The van der Waals surface area contributed by atoms with Crippen molar-refractivity contribution in [3.63, 3.8) is 0 Å². The van der Waals surface area contributed by atoms with Gasteiger partial charge in [-0.2, -0.15) is 0 Å². The maximum atomic E-state index is 12.4. The quantitative estimate of drug-likeness (QED) is 0.578. The molecule has 1 aliphatic heterocycles. The summed E-state index contributed by atoms with van der Waals surface area (Å²) in [5, 5.41) is 11.7. The minimum atomic E-state index is -0.516. The summed E-state index contributed by atoms with van der Waals surface area (Å²) in [5.41, 5.74) is 0.143. The van der Waals surface area contributed by atoms with Gasteiger partial charge in [0.25, 0.3) is 5.69 Å². The molecule has 2 aromatic rings. The zero-order valence-corrected chi connectivity index (χ0v) is 16.8. The van der Waals surface area contributed by atoms with Crippen molar-refractivity contribution in [3.05, 3.63) is 28.3 Å². The van der Waals surface area contributed by atoms with Crippen LogP contribution in [0.25, 0.3) is 10.2 Å². The van der Waals surface area contributed by atoms with Crippen molar-refractivity contribution >= 4 is 38.5 Å². The van der Waals surface area contributed by atoms with E-state index in [1.54, 1.807) is 11.0 Å². The van der Waals surface area contributed by atoms with Gasteiger partial charge < -0.3 is 14.5 Å². The van der Waals surface area contributed by atoms with Gasteiger partial charge in [0.15, 0.2) is 5.13 Å². The van der Waals surface area contributed by atoms with Crippen LogP contribution < -0.4 is 4.90 Å². The number of anilines is 1. The molecule has 27 heavy (non-hydrogen) atoms. The maximum absolute atomic E-state index is 12.4. The van der Waals surface area contributed by atoms with Gasteiger partial charge in [0.05, 0.1) is 15.1 Å². The molecule has 0 unspecified atom stereocenters. The third kappa shape index (κ3) is 4.47. The number of nitro groups is 1. The zero-order valence-electron chi connectivity index (χ0n) is 16.0. The summed E-state index contributed by atoms with van der Waals surface area (Å²) in [5.74, 6) is 0. The lowest BCUT2D eigenvalue weighted by Gasteiger charge is -2.38. The number of rotatable bonds is 3. The Balaban J connectivity index is 1.74. The molecule has 1 aromatic heterocycles. The lowest BCUT2D eigenvalue weighted by atomic mass is 10.1. The van der Waals surface area contributed by atoms with Gasteiger partial charge in [0.1, 0.15) is 5.60 Å². The molecule has 0 radical (unpaired) electrons. The molecule has 0 N–H and O–H groups in total. The molecular weight excluding hydrogens is 368 g/mol. The van der Waals surface area contributed by atoms with Crippen LogP contribution in [0.2, 0.25) is 0 Å². The molecular formula is C18H24N4O4S. The number of nitro benzene ring substituents is 1. The van der Waals surface area contributed by atoms with Gasteiger partial charge in [-0.15, -0.1) is 0 Å². The highest BCUT2D eigenvalue weighted by molar-refractivity contribution is 7.22. The van der Waals surface area contributed by atoms with Crippen molar-refractivity contribution < 1.29 is 14.5 Å². The fraction of sp³-hybridized carbons (Fsp3) is 0.556. The molecule has 0 saturated carbocycles. The van der Waals surface area contributed by atoms with Gasteiger partial charge in [-0.1, -0.05) is 11.3 Å². The Labute approximate surface area is 161 Å². The van der Waals surface area contributed by atoms with Crippen LogP contribution in [0.4, 0.5) is 15.6 Å². The molecule has 1 fully saturated rings. The minimum Gasteiger partial charge on any atom is -0.444 e. The molecule has 1 aliphatic rings. The topological polar surface area (TPSA) is 88.8 Å². The lowest BCUT2D eigenvalue weighted by Crippen LogP contribution is -2.50.